The van der Waals surface area contributed by atoms with Crippen LogP contribution in [0.4, 0.5) is 11.4 Å². The molecule has 8 heteroatoms. The molecular weight excluding hydrogens is 388 g/mol. The standard InChI is InChI=1S/C22H20N2O6/c1-13-4-5-14(2)18(12-13)23-21(25)15(3)29-22(26)20-11-10-19(30-20)16-6-8-17(9-7-16)24(27)28/h4-12,15H,1-3H3,(H,23,25)/t15-/m1/s1. The molecule has 0 aliphatic rings. The van der Waals surface area contributed by atoms with Gasteiger partial charge in [-0.15, -0.1) is 0 Å². The van der Waals surface area contributed by atoms with Gasteiger partial charge in [-0.3, -0.25) is 14.9 Å². The summed E-state index contributed by atoms with van der Waals surface area (Å²) in [4.78, 5) is 35.0. The highest BCUT2D eigenvalue weighted by Gasteiger charge is 2.22. The van der Waals surface area contributed by atoms with E-state index >= 15 is 0 Å². The second-order valence-electron chi connectivity index (χ2n) is 6.82. The first-order valence-electron chi connectivity index (χ1n) is 9.18. The number of rotatable bonds is 6. The van der Waals surface area contributed by atoms with E-state index in [-0.39, 0.29) is 11.4 Å². The number of benzene rings is 2. The van der Waals surface area contributed by atoms with Crippen LogP contribution >= 0.6 is 0 Å². The number of anilines is 1. The first-order chi connectivity index (χ1) is 14.2. The summed E-state index contributed by atoms with van der Waals surface area (Å²) in [5, 5.41) is 13.5. The molecule has 0 spiro atoms. The number of aryl methyl sites for hydroxylation is 2. The molecule has 0 unspecified atom stereocenters. The third-order valence-electron chi connectivity index (χ3n) is 4.47. The summed E-state index contributed by atoms with van der Waals surface area (Å²) in [7, 11) is 0. The lowest BCUT2D eigenvalue weighted by Crippen LogP contribution is -2.30. The van der Waals surface area contributed by atoms with Gasteiger partial charge in [-0.25, -0.2) is 4.79 Å². The predicted molar refractivity (Wildman–Crippen MR) is 110 cm³/mol. The predicted octanol–water partition coefficient (Wildman–Crippen LogP) is 4.66. The van der Waals surface area contributed by atoms with Crippen molar-refractivity contribution in [1.82, 2.24) is 0 Å². The van der Waals surface area contributed by atoms with Gasteiger partial charge in [-0.2, -0.15) is 0 Å². The number of nitro benzene ring substituents is 1. The monoisotopic (exact) mass is 408 g/mol. The highest BCUT2D eigenvalue weighted by atomic mass is 16.6. The summed E-state index contributed by atoms with van der Waals surface area (Å²) in [6, 6.07) is 14.4. The van der Waals surface area contributed by atoms with Crippen molar-refractivity contribution < 1.29 is 23.7 Å². The number of nitrogens with zero attached hydrogens (tertiary/aromatic N) is 1. The van der Waals surface area contributed by atoms with Crippen molar-refractivity contribution in [2.75, 3.05) is 5.32 Å². The van der Waals surface area contributed by atoms with E-state index in [1.807, 2.05) is 32.0 Å². The van der Waals surface area contributed by atoms with E-state index in [9.17, 15) is 19.7 Å². The molecule has 1 N–H and O–H groups in total. The Bertz CT molecular complexity index is 1100. The van der Waals surface area contributed by atoms with Crippen molar-refractivity contribution in [3.63, 3.8) is 0 Å². The van der Waals surface area contributed by atoms with E-state index in [2.05, 4.69) is 5.32 Å². The highest BCUT2D eigenvalue weighted by Crippen LogP contribution is 2.25. The molecule has 0 aliphatic carbocycles. The summed E-state index contributed by atoms with van der Waals surface area (Å²) in [6.07, 6.45) is -1.04. The Labute approximate surface area is 172 Å². The third kappa shape index (κ3) is 4.72. The molecule has 0 saturated heterocycles. The molecule has 0 aliphatic heterocycles. The van der Waals surface area contributed by atoms with Crippen LogP contribution in [0.5, 0.6) is 0 Å². The van der Waals surface area contributed by atoms with Gasteiger partial charge >= 0.3 is 5.97 Å². The molecule has 2 aromatic carbocycles. The van der Waals surface area contributed by atoms with Crippen molar-refractivity contribution in [1.29, 1.82) is 0 Å². The molecule has 1 atom stereocenters. The average Bonchev–Trinajstić information content (AvgIpc) is 3.21. The summed E-state index contributed by atoms with van der Waals surface area (Å²) < 4.78 is 10.7. The first-order valence-corrected chi connectivity index (χ1v) is 9.18. The number of nitrogens with one attached hydrogen (secondary N) is 1. The fraction of sp³-hybridized carbons (Fsp3) is 0.182. The minimum absolute atomic E-state index is 0.0476. The fourth-order valence-electron chi connectivity index (χ4n) is 2.73. The maximum absolute atomic E-state index is 12.4. The van der Waals surface area contributed by atoms with Crippen LogP contribution in [0.1, 0.15) is 28.6 Å². The quantitative estimate of drug-likeness (QED) is 0.361. The van der Waals surface area contributed by atoms with Gasteiger partial charge in [0.1, 0.15) is 5.76 Å². The molecule has 0 bridgehead atoms. The molecular formula is C22H20N2O6. The summed E-state index contributed by atoms with van der Waals surface area (Å²) in [6.45, 7) is 5.25. The number of amides is 1. The second-order valence-corrected chi connectivity index (χ2v) is 6.82. The molecule has 8 nitrogen and oxygen atoms in total. The Balaban J connectivity index is 1.65. The number of non-ortho nitro benzene ring substituents is 1. The number of carbonyl (C=O) groups is 2. The van der Waals surface area contributed by atoms with Crippen LogP contribution in [-0.4, -0.2) is 22.9 Å². The van der Waals surface area contributed by atoms with E-state index in [4.69, 9.17) is 9.15 Å². The van der Waals surface area contributed by atoms with Crippen molar-refractivity contribution >= 4 is 23.3 Å². The lowest BCUT2D eigenvalue weighted by Gasteiger charge is -2.14. The normalized spacial score (nSPS) is 11.6. The zero-order valence-corrected chi connectivity index (χ0v) is 16.7. The molecule has 1 amide bonds. The Morgan fingerprint density at radius 2 is 1.77 bits per heavy atom. The molecule has 0 fully saturated rings. The van der Waals surface area contributed by atoms with Gasteiger partial charge in [0.15, 0.2) is 6.10 Å². The lowest BCUT2D eigenvalue weighted by molar-refractivity contribution is -0.384. The average molecular weight is 408 g/mol. The zero-order valence-electron chi connectivity index (χ0n) is 16.7. The molecule has 1 aromatic heterocycles. The number of furan rings is 1. The van der Waals surface area contributed by atoms with E-state index in [1.165, 1.54) is 37.3 Å². The van der Waals surface area contributed by atoms with E-state index in [0.717, 1.165) is 11.1 Å². The number of hydrogen-bond donors (Lipinski definition) is 1. The first kappa shape index (κ1) is 20.8. The van der Waals surface area contributed by atoms with Crippen LogP contribution in [0.25, 0.3) is 11.3 Å². The Morgan fingerprint density at radius 3 is 2.43 bits per heavy atom. The van der Waals surface area contributed by atoms with E-state index in [1.54, 1.807) is 6.07 Å². The minimum atomic E-state index is -1.04. The Hall–Kier alpha value is -3.94. The van der Waals surface area contributed by atoms with Crippen molar-refractivity contribution in [3.8, 4) is 11.3 Å². The number of hydrogen-bond acceptors (Lipinski definition) is 6. The maximum atomic E-state index is 12.4. The molecule has 3 aromatic rings. The van der Waals surface area contributed by atoms with Gasteiger partial charge in [-0.1, -0.05) is 12.1 Å². The van der Waals surface area contributed by atoms with Crippen molar-refractivity contribution in [3.05, 3.63) is 81.6 Å². The van der Waals surface area contributed by atoms with Crippen LogP contribution in [-0.2, 0) is 9.53 Å². The number of carbonyl (C=O) groups excluding carboxylic acids is 2. The Morgan fingerprint density at radius 1 is 1.07 bits per heavy atom. The number of esters is 1. The van der Waals surface area contributed by atoms with Gasteiger partial charge in [0.25, 0.3) is 11.6 Å². The minimum Gasteiger partial charge on any atom is -0.449 e. The molecule has 1 heterocycles. The maximum Gasteiger partial charge on any atom is 0.375 e. The topological polar surface area (TPSA) is 112 Å². The van der Waals surface area contributed by atoms with Gasteiger partial charge in [0, 0.05) is 23.4 Å². The van der Waals surface area contributed by atoms with Crippen LogP contribution in [0.15, 0.2) is 59.0 Å². The molecule has 0 radical (unpaired) electrons. The number of nitro groups is 1. The van der Waals surface area contributed by atoms with Crippen LogP contribution < -0.4 is 5.32 Å². The zero-order chi connectivity index (χ0) is 21.8. The third-order valence-corrected chi connectivity index (χ3v) is 4.47. The van der Waals surface area contributed by atoms with E-state index in [0.29, 0.717) is 17.0 Å². The molecule has 30 heavy (non-hydrogen) atoms. The Kier molecular flexibility index (Phi) is 5.96. The van der Waals surface area contributed by atoms with Gasteiger partial charge in [0.2, 0.25) is 5.76 Å². The van der Waals surface area contributed by atoms with Crippen molar-refractivity contribution in [2.24, 2.45) is 0 Å². The summed E-state index contributed by atoms with van der Waals surface area (Å²) in [5.41, 5.74) is 3.07. The van der Waals surface area contributed by atoms with Crippen LogP contribution in [0.3, 0.4) is 0 Å². The number of ether oxygens (including phenoxy) is 1. The van der Waals surface area contributed by atoms with Crippen LogP contribution in [0.2, 0.25) is 0 Å². The van der Waals surface area contributed by atoms with Gasteiger partial charge in [-0.05, 0) is 62.2 Å². The lowest BCUT2D eigenvalue weighted by atomic mass is 10.1. The molecule has 154 valence electrons. The molecule has 3 rings (SSSR count). The van der Waals surface area contributed by atoms with Gasteiger partial charge < -0.3 is 14.5 Å². The SMILES string of the molecule is Cc1ccc(C)c(NC(=O)[C@@H](C)OC(=O)c2ccc(-c3ccc([N+](=O)[O-])cc3)o2)c1. The summed E-state index contributed by atoms with van der Waals surface area (Å²) in [5.74, 6) is -0.968. The second kappa shape index (κ2) is 8.60. The van der Waals surface area contributed by atoms with Crippen molar-refractivity contribution in [2.45, 2.75) is 26.9 Å². The fourth-order valence-corrected chi connectivity index (χ4v) is 2.73. The highest BCUT2D eigenvalue weighted by molar-refractivity contribution is 5.97. The van der Waals surface area contributed by atoms with Crippen LogP contribution in [0, 0.1) is 24.0 Å². The van der Waals surface area contributed by atoms with Gasteiger partial charge in [0.05, 0.1) is 4.92 Å². The largest absolute Gasteiger partial charge is 0.449 e. The smallest absolute Gasteiger partial charge is 0.375 e. The molecule has 0 saturated carbocycles. The van der Waals surface area contributed by atoms with E-state index < -0.39 is 22.9 Å². The summed E-state index contributed by atoms with van der Waals surface area (Å²) >= 11 is 0.